The van der Waals surface area contributed by atoms with Crippen LogP contribution < -0.4 is 9.64 Å². The van der Waals surface area contributed by atoms with Crippen molar-refractivity contribution in [2.45, 2.75) is 30.4 Å². The van der Waals surface area contributed by atoms with E-state index >= 15 is 0 Å². The molecule has 1 aliphatic heterocycles. The standard InChI is InChI=1S/C23H27N3O4S2/c1-16(2)32(28,29)19-7-4-17(5-8-19)14-22(27)25-10-12-26(13-11-25)23-24-20-9-6-18(30-3)15-21(20)31-23/h4-9,15-16H,10-14H2,1-3H3. The molecule has 2 aromatic carbocycles. The predicted molar refractivity (Wildman–Crippen MR) is 127 cm³/mol. The molecule has 1 saturated heterocycles. The minimum atomic E-state index is -3.30. The summed E-state index contributed by atoms with van der Waals surface area (Å²) in [4.78, 5) is 21.9. The van der Waals surface area contributed by atoms with Gasteiger partial charge in [0.05, 0.1) is 33.9 Å². The summed E-state index contributed by atoms with van der Waals surface area (Å²) < 4.78 is 30.9. The number of piperazine rings is 1. The van der Waals surface area contributed by atoms with Crippen LogP contribution >= 0.6 is 11.3 Å². The number of amides is 1. The van der Waals surface area contributed by atoms with Crippen molar-refractivity contribution in [2.24, 2.45) is 0 Å². The molecule has 32 heavy (non-hydrogen) atoms. The Morgan fingerprint density at radius 2 is 1.78 bits per heavy atom. The number of ether oxygens (including phenoxy) is 1. The van der Waals surface area contributed by atoms with Gasteiger partial charge in [-0.1, -0.05) is 23.5 Å². The molecule has 0 saturated carbocycles. The van der Waals surface area contributed by atoms with Crippen LogP contribution in [0.1, 0.15) is 19.4 Å². The van der Waals surface area contributed by atoms with Crippen molar-refractivity contribution in [3.8, 4) is 5.75 Å². The lowest BCUT2D eigenvalue weighted by Crippen LogP contribution is -2.49. The first kappa shape index (κ1) is 22.5. The number of methoxy groups -OCH3 is 1. The largest absolute Gasteiger partial charge is 0.497 e. The van der Waals surface area contributed by atoms with Gasteiger partial charge in [0.15, 0.2) is 15.0 Å². The number of fused-ring (bicyclic) bond motifs is 1. The van der Waals surface area contributed by atoms with Gasteiger partial charge in [-0.25, -0.2) is 13.4 Å². The predicted octanol–water partition coefficient (Wildman–Crippen LogP) is 3.38. The molecule has 0 radical (unpaired) electrons. The van der Waals surface area contributed by atoms with Gasteiger partial charge >= 0.3 is 0 Å². The van der Waals surface area contributed by atoms with Gasteiger partial charge in [-0.15, -0.1) is 0 Å². The molecule has 0 spiro atoms. The van der Waals surface area contributed by atoms with Crippen molar-refractivity contribution in [3.63, 3.8) is 0 Å². The summed E-state index contributed by atoms with van der Waals surface area (Å²) in [5.74, 6) is 0.871. The zero-order valence-electron chi connectivity index (χ0n) is 18.4. The van der Waals surface area contributed by atoms with Crippen molar-refractivity contribution in [1.29, 1.82) is 0 Å². The third-order valence-electron chi connectivity index (χ3n) is 5.72. The summed E-state index contributed by atoms with van der Waals surface area (Å²) in [7, 11) is -1.65. The fraction of sp³-hybridized carbons (Fsp3) is 0.391. The highest BCUT2D eigenvalue weighted by Crippen LogP contribution is 2.32. The smallest absolute Gasteiger partial charge is 0.227 e. The first-order valence-corrected chi connectivity index (χ1v) is 12.9. The Morgan fingerprint density at radius 1 is 1.09 bits per heavy atom. The van der Waals surface area contributed by atoms with E-state index in [0.29, 0.717) is 18.0 Å². The third-order valence-corrected chi connectivity index (χ3v) is 8.96. The number of aromatic nitrogens is 1. The highest BCUT2D eigenvalue weighted by Gasteiger charge is 2.24. The maximum Gasteiger partial charge on any atom is 0.227 e. The summed E-state index contributed by atoms with van der Waals surface area (Å²) in [5, 5.41) is 0.492. The Bertz CT molecular complexity index is 1210. The topological polar surface area (TPSA) is 79.8 Å². The number of thiazole rings is 1. The van der Waals surface area contributed by atoms with E-state index in [4.69, 9.17) is 9.72 Å². The number of anilines is 1. The highest BCUT2D eigenvalue weighted by atomic mass is 32.2. The fourth-order valence-electron chi connectivity index (χ4n) is 3.66. The van der Waals surface area contributed by atoms with Crippen molar-refractivity contribution >= 4 is 42.4 Å². The number of hydrogen-bond acceptors (Lipinski definition) is 7. The quantitative estimate of drug-likeness (QED) is 0.546. The summed E-state index contributed by atoms with van der Waals surface area (Å²) in [6.45, 7) is 6.06. The van der Waals surface area contributed by atoms with Crippen molar-refractivity contribution in [1.82, 2.24) is 9.88 Å². The maximum atomic E-state index is 12.8. The Kier molecular flexibility index (Phi) is 6.39. The molecule has 3 aromatic rings. The molecule has 1 amide bonds. The molecule has 9 heteroatoms. The maximum absolute atomic E-state index is 12.8. The summed E-state index contributed by atoms with van der Waals surface area (Å²) in [5.41, 5.74) is 1.77. The molecule has 0 atom stereocenters. The van der Waals surface area contributed by atoms with E-state index in [1.165, 1.54) is 0 Å². The number of carbonyl (C=O) groups excluding carboxylic acids is 1. The van der Waals surface area contributed by atoms with Crippen molar-refractivity contribution in [3.05, 3.63) is 48.0 Å². The van der Waals surface area contributed by atoms with Gasteiger partial charge in [-0.3, -0.25) is 4.79 Å². The van der Waals surface area contributed by atoms with E-state index in [1.54, 1.807) is 56.6 Å². The summed E-state index contributed by atoms with van der Waals surface area (Å²) in [6.07, 6.45) is 0.267. The lowest BCUT2D eigenvalue weighted by Gasteiger charge is -2.34. The van der Waals surface area contributed by atoms with E-state index < -0.39 is 15.1 Å². The van der Waals surface area contributed by atoms with Gasteiger partial charge < -0.3 is 14.5 Å². The Balaban J connectivity index is 1.35. The van der Waals surface area contributed by atoms with Crippen LogP contribution in [-0.4, -0.2) is 62.7 Å². The van der Waals surface area contributed by atoms with Crippen LogP contribution in [-0.2, 0) is 21.1 Å². The molecular weight excluding hydrogens is 446 g/mol. The highest BCUT2D eigenvalue weighted by molar-refractivity contribution is 7.92. The molecule has 1 aliphatic rings. The molecule has 1 aromatic heterocycles. The minimum absolute atomic E-state index is 0.0538. The first-order valence-electron chi connectivity index (χ1n) is 10.6. The van der Waals surface area contributed by atoms with Crippen LogP contribution in [0, 0.1) is 0 Å². The number of hydrogen-bond donors (Lipinski definition) is 0. The lowest BCUT2D eigenvalue weighted by molar-refractivity contribution is -0.130. The van der Waals surface area contributed by atoms with E-state index in [-0.39, 0.29) is 12.3 Å². The monoisotopic (exact) mass is 473 g/mol. The van der Waals surface area contributed by atoms with E-state index in [1.807, 2.05) is 23.1 Å². The van der Waals surface area contributed by atoms with Crippen molar-refractivity contribution in [2.75, 3.05) is 38.2 Å². The van der Waals surface area contributed by atoms with E-state index in [2.05, 4.69) is 4.90 Å². The number of sulfone groups is 1. The second-order valence-corrected chi connectivity index (χ2v) is 11.6. The molecule has 170 valence electrons. The lowest BCUT2D eigenvalue weighted by atomic mass is 10.1. The zero-order chi connectivity index (χ0) is 22.9. The summed E-state index contributed by atoms with van der Waals surface area (Å²) in [6, 6.07) is 12.5. The van der Waals surface area contributed by atoms with Crippen LogP contribution in [0.2, 0.25) is 0 Å². The molecule has 0 bridgehead atoms. The van der Waals surface area contributed by atoms with Gasteiger partial charge in [0, 0.05) is 26.2 Å². The number of nitrogens with zero attached hydrogens (tertiary/aromatic N) is 3. The van der Waals surface area contributed by atoms with Crippen LogP contribution in [0.25, 0.3) is 10.2 Å². The van der Waals surface area contributed by atoms with Gasteiger partial charge in [-0.2, -0.15) is 0 Å². The molecular formula is C23H27N3O4S2. The first-order chi connectivity index (χ1) is 15.3. The third kappa shape index (κ3) is 4.59. The number of benzene rings is 2. The SMILES string of the molecule is COc1ccc2nc(N3CCN(C(=O)Cc4ccc(S(=O)(=O)C(C)C)cc4)CC3)sc2c1. The van der Waals surface area contributed by atoms with E-state index in [0.717, 1.165) is 39.8 Å². The Hall–Kier alpha value is -2.65. The normalized spacial score (nSPS) is 14.9. The molecule has 0 unspecified atom stereocenters. The Labute approximate surface area is 192 Å². The average molecular weight is 474 g/mol. The van der Waals surface area contributed by atoms with E-state index in [9.17, 15) is 13.2 Å². The second-order valence-electron chi connectivity index (χ2n) is 8.11. The van der Waals surface area contributed by atoms with Gasteiger partial charge in [-0.05, 0) is 49.7 Å². The van der Waals surface area contributed by atoms with Crippen LogP contribution in [0.3, 0.4) is 0 Å². The molecule has 4 rings (SSSR count). The molecule has 0 aliphatic carbocycles. The van der Waals surface area contributed by atoms with Gasteiger partial charge in [0.25, 0.3) is 0 Å². The van der Waals surface area contributed by atoms with Gasteiger partial charge in [0.1, 0.15) is 5.75 Å². The van der Waals surface area contributed by atoms with Crippen LogP contribution in [0.4, 0.5) is 5.13 Å². The average Bonchev–Trinajstić information content (AvgIpc) is 3.22. The van der Waals surface area contributed by atoms with Crippen LogP contribution in [0.5, 0.6) is 5.75 Å². The minimum Gasteiger partial charge on any atom is -0.497 e. The molecule has 0 N–H and O–H groups in total. The van der Waals surface area contributed by atoms with Crippen molar-refractivity contribution < 1.29 is 17.9 Å². The molecule has 7 nitrogen and oxygen atoms in total. The fourth-order valence-corrected chi connectivity index (χ4v) is 5.76. The zero-order valence-corrected chi connectivity index (χ0v) is 20.1. The number of carbonyl (C=O) groups is 1. The van der Waals surface area contributed by atoms with Gasteiger partial charge in [0.2, 0.25) is 5.91 Å². The number of rotatable bonds is 6. The van der Waals surface area contributed by atoms with Crippen LogP contribution in [0.15, 0.2) is 47.4 Å². The summed E-state index contributed by atoms with van der Waals surface area (Å²) >= 11 is 1.63. The molecule has 2 heterocycles. The second kappa shape index (κ2) is 9.07. The Morgan fingerprint density at radius 3 is 2.41 bits per heavy atom. The molecule has 1 fully saturated rings.